The van der Waals surface area contributed by atoms with Crippen molar-refractivity contribution in [2.24, 2.45) is 0 Å². The maximum atomic E-state index is 12.2. The number of carbonyl (C=O) groups is 3. The third-order valence-electron chi connectivity index (χ3n) is 3.75. The molecule has 0 spiro atoms. The number of anilines is 1. The minimum Gasteiger partial charge on any atom is -0.326 e. The average molecular weight is 388 g/mol. The summed E-state index contributed by atoms with van der Waals surface area (Å²) < 4.78 is 0.895. The van der Waals surface area contributed by atoms with E-state index in [-0.39, 0.29) is 30.1 Å². The van der Waals surface area contributed by atoms with Gasteiger partial charge in [-0.2, -0.15) is 0 Å². The topological polar surface area (TPSA) is 79.4 Å². The first-order valence-electron chi connectivity index (χ1n) is 7.34. The van der Waals surface area contributed by atoms with Gasteiger partial charge < -0.3 is 5.32 Å². The zero-order valence-electron chi connectivity index (χ0n) is 12.9. The quantitative estimate of drug-likeness (QED) is 0.817. The largest absolute Gasteiger partial charge is 0.326 e. The summed E-state index contributed by atoms with van der Waals surface area (Å²) in [6.07, 6.45) is 1.49. The van der Waals surface area contributed by atoms with Crippen molar-refractivity contribution in [2.45, 2.75) is 13.3 Å². The molecule has 3 rings (SSSR count). The Morgan fingerprint density at radius 1 is 1.25 bits per heavy atom. The number of hydrogen-bond acceptors (Lipinski definition) is 4. The maximum absolute atomic E-state index is 12.2. The number of benzene rings is 1. The molecule has 1 aliphatic rings. The Morgan fingerprint density at radius 2 is 2.04 bits per heavy atom. The van der Waals surface area contributed by atoms with E-state index in [9.17, 15) is 14.4 Å². The molecule has 0 atom stereocenters. The molecule has 3 amide bonds. The van der Waals surface area contributed by atoms with E-state index in [0.717, 1.165) is 14.9 Å². The molecule has 24 heavy (non-hydrogen) atoms. The monoisotopic (exact) mass is 387 g/mol. The van der Waals surface area contributed by atoms with Gasteiger partial charge in [0.05, 0.1) is 5.56 Å². The number of amides is 3. The lowest BCUT2D eigenvalue weighted by molar-refractivity contribution is -0.116. The number of hydrogen-bond donors (Lipinski definition) is 1. The average Bonchev–Trinajstić information content (AvgIpc) is 2.81. The first-order chi connectivity index (χ1) is 11.5. The molecule has 1 aliphatic heterocycles. The fraction of sp³-hybridized carbons (Fsp3) is 0.176. The van der Waals surface area contributed by atoms with Gasteiger partial charge in [-0.1, -0.05) is 22.0 Å². The third kappa shape index (κ3) is 3.07. The summed E-state index contributed by atoms with van der Waals surface area (Å²) in [5, 5.41) is 2.75. The molecule has 0 fully saturated rings. The first kappa shape index (κ1) is 16.3. The van der Waals surface area contributed by atoms with Crippen LogP contribution in [0.3, 0.4) is 0 Å². The van der Waals surface area contributed by atoms with Gasteiger partial charge in [-0.3, -0.25) is 24.3 Å². The lowest BCUT2D eigenvalue weighted by Gasteiger charge is -2.13. The van der Waals surface area contributed by atoms with Crippen molar-refractivity contribution in [1.82, 2.24) is 9.88 Å². The van der Waals surface area contributed by atoms with Crippen molar-refractivity contribution in [1.29, 1.82) is 0 Å². The van der Waals surface area contributed by atoms with Crippen LogP contribution < -0.4 is 5.32 Å². The molecule has 2 aromatic rings. The normalized spacial score (nSPS) is 13.2. The molecule has 1 aromatic heterocycles. The van der Waals surface area contributed by atoms with E-state index < -0.39 is 11.8 Å². The van der Waals surface area contributed by atoms with E-state index in [2.05, 4.69) is 26.2 Å². The van der Waals surface area contributed by atoms with Gasteiger partial charge in [-0.15, -0.1) is 0 Å². The number of pyridine rings is 1. The smallest absolute Gasteiger partial charge is 0.280 e. The molecule has 0 saturated heterocycles. The highest BCUT2D eigenvalue weighted by Gasteiger charge is 2.36. The van der Waals surface area contributed by atoms with Gasteiger partial charge in [0.25, 0.3) is 11.8 Å². The van der Waals surface area contributed by atoms with Crippen LogP contribution in [0.2, 0.25) is 0 Å². The molecule has 122 valence electrons. The van der Waals surface area contributed by atoms with Gasteiger partial charge in [0.15, 0.2) is 0 Å². The van der Waals surface area contributed by atoms with Gasteiger partial charge in [0, 0.05) is 29.3 Å². The van der Waals surface area contributed by atoms with Crippen LogP contribution in [-0.2, 0) is 4.79 Å². The van der Waals surface area contributed by atoms with Gasteiger partial charge in [-0.05, 0) is 36.8 Å². The molecule has 0 saturated carbocycles. The van der Waals surface area contributed by atoms with Crippen LogP contribution in [0, 0.1) is 6.92 Å². The number of carbonyl (C=O) groups excluding carboxylic acids is 3. The molecule has 1 N–H and O–H groups in total. The fourth-order valence-electron chi connectivity index (χ4n) is 2.42. The van der Waals surface area contributed by atoms with Crippen LogP contribution in [0.25, 0.3) is 0 Å². The predicted octanol–water partition coefficient (Wildman–Crippen LogP) is 2.78. The fourth-order valence-corrected chi connectivity index (χ4v) is 2.80. The number of fused-ring (bicyclic) bond motifs is 1. The predicted molar refractivity (Wildman–Crippen MR) is 91.7 cm³/mol. The van der Waals surface area contributed by atoms with E-state index in [1.807, 2.05) is 13.0 Å². The second kappa shape index (κ2) is 6.52. The molecule has 0 radical (unpaired) electrons. The Kier molecular flexibility index (Phi) is 4.44. The molecular formula is C17H14BrN3O3. The molecule has 2 heterocycles. The van der Waals surface area contributed by atoms with Crippen LogP contribution in [-0.4, -0.2) is 34.2 Å². The van der Waals surface area contributed by atoms with E-state index >= 15 is 0 Å². The Labute approximate surface area is 147 Å². The summed E-state index contributed by atoms with van der Waals surface area (Å²) in [6, 6.07) is 8.65. The minimum absolute atomic E-state index is 0.0207. The Morgan fingerprint density at radius 3 is 2.75 bits per heavy atom. The van der Waals surface area contributed by atoms with Crippen molar-refractivity contribution >= 4 is 39.3 Å². The Bertz CT molecular complexity index is 816. The van der Waals surface area contributed by atoms with Crippen LogP contribution in [0.5, 0.6) is 0 Å². The summed E-state index contributed by atoms with van der Waals surface area (Å²) in [4.78, 5) is 41.4. The first-order valence-corrected chi connectivity index (χ1v) is 8.14. The van der Waals surface area contributed by atoms with Gasteiger partial charge in [-0.25, -0.2) is 0 Å². The van der Waals surface area contributed by atoms with Crippen molar-refractivity contribution in [3.8, 4) is 0 Å². The highest BCUT2D eigenvalue weighted by atomic mass is 79.9. The number of halogens is 1. The number of nitrogens with one attached hydrogen (secondary N) is 1. The molecular weight excluding hydrogens is 374 g/mol. The van der Waals surface area contributed by atoms with E-state index in [1.165, 1.54) is 6.20 Å². The molecule has 0 bridgehead atoms. The Hall–Kier alpha value is -2.54. The summed E-state index contributed by atoms with van der Waals surface area (Å²) in [5.74, 6) is -1.13. The molecule has 1 aromatic carbocycles. The highest BCUT2D eigenvalue weighted by Crippen LogP contribution is 2.22. The molecule has 0 aliphatic carbocycles. The zero-order valence-corrected chi connectivity index (χ0v) is 14.5. The van der Waals surface area contributed by atoms with Crippen LogP contribution in [0.4, 0.5) is 5.69 Å². The van der Waals surface area contributed by atoms with Crippen LogP contribution >= 0.6 is 15.9 Å². The highest BCUT2D eigenvalue weighted by molar-refractivity contribution is 9.10. The Balaban J connectivity index is 1.62. The number of aryl methyl sites for hydroxylation is 1. The van der Waals surface area contributed by atoms with Gasteiger partial charge >= 0.3 is 0 Å². The van der Waals surface area contributed by atoms with E-state index in [1.54, 1.807) is 24.3 Å². The second-order valence-corrected chi connectivity index (χ2v) is 6.28. The number of nitrogens with zero attached hydrogens (tertiary/aromatic N) is 2. The van der Waals surface area contributed by atoms with Gasteiger partial charge in [0.2, 0.25) is 5.91 Å². The lowest BCUT2D eigenvalue weighted by Crippen LogP contribution is -2.33. The summed E-state index contributed by atoms with van der Waals surface area (Å²) in [5.41, 5.74) is 2.14. The van der Waals surface area contributed by atoms with Crippen molar-refractivity contribution in [3.63, 3.8) is 0 Å². The minimum atomic E-state index is -0.457. The second-order valence-electron chi connectivity index (χ2n) is 5.42. The van der Waals surface area contributed by atoms with Crippen LogP contribution in [0.15, 0.2) is 41.0 Å². The summed E-state index contributed by atoms with van der Waals surface area (Å²) in [6.45, 7) is 1.97. The van der Waals surface area contributed by atoms with E-state index in [4.69, 9.17) is 0 Å². The number of rotatable bonds is 4. The molecule has 7 heteroatoms. The van der Waals surface area contributed by atoms with Crippen LogP contribution in [0.1, 0.15) is 32.8 Å². The summed E-state index contributed by atoms with van der Waals surface area (Å²) >= 11 is 3.41. The number of aromatic nitrogens is 1. The molecule has 0 unspecified atom stereocenters. The lowest BCUT2D eigenvalue weighted by atomic mass is 10.2. The summed E-state index contributed by atoms with van der Waals surface area (Å²) in [7, 11) is 0. The van der Waals surface area contributed by atoms with Crippen molar-refractivity contribution in [2.75, 3.05) is 11.9 Å². The number of imide groups is 1. The standard InChI is InChI=1S/C17H14BrN3O3/c1-10-4-5-11(9-13(10)18)20-14(22)6-8-21-16(23)12-3-2-7-19-15(12)17(21)24/h2-5,7,9H,6,8H2,1H3,(H,20,22). The van der Waals surface area contributed by atoms with Crippen molar-refractivity contribution in [3.05, 3.63) is 57.8 Å². The zero-order chi connectivity index (χ0) is 17.3. The third-order valence-corrected chi connectivity index (χ3v) is 4.60. The SMILES string of the molecule is Cc1ccc(NC(=O)CCN2C(=O)c3cccnc3C2=O)cc1Br. The molecule has 6 nitrogen and oxygen atoms in total. The van der Waals surface area contributed by atoms with E-state index in [0.29, 0.717) is 5.69 Å². The van der Waals surface area contributed by atoms with Gasteiger partial charge in [0.1, 0.15) is 5.69 Å². The van der Waals surface area contributed by atoms with Crippen molar-refractivity contribution < 1.29 is 14.4 Å². The maximum Gasteiger partial charge on any atom is 0.280 e.